The van der Waals surface area contributed by atoms with Gasteiger partial charge < -0.3 is 5.32 Å². The van der Waals surface area contributed by atoms with Crippen LogP contribution in [-0.2, 0) is 11.3 Å². The highest BCUT2D eigenvalue weighted by Crippen LogP contribution is 2.22. The number of urea groups is 1. The molecule has 1 aliphatic rings. The number of carbonyl (C=O) groups excluding carboxylic acids is 2. The number of imide groups is 1. The lowest BCUT2D eigenvalue weighted by molar-refractivity contribution is -0.128. The monoisotopic (exact) mass is 301 g/mol. The molecular weight excluding hydrogens is 286 g/mol. The maximum absolute atomic E-state index is 12.0. The van der Waals surface area contributed by atoms with Crippen molar-refractivity contribution < 1.29 is 9.59 Å². The van der Waals surface area contributed by atoms with Gasteiger partial charge in [0, 0.05) is 24.5 Å². The Labute approximate surface area is 121 Å². The Morgan fingerprint density at radius 3 is 2.89 bits per heavy atom. The number of halogens is 1. The van der Waals surface area contributed by atoms with E-state index in [9.17, 15) is 9.59 Å². The second-order valence-corrected chi connectivity index (χ2v) is 6.09. The fraction of sp³-hybridized carbons (Fsp3) is 0.500. The van der Waals surface area contributed by atoms with Crippen molar-refractivity contribution >= 4 is 34.9 Å². The van der Waals surface area contributed by atoms with Gasteiger partial charge in [-0.25, -0.2) is 4.79 Å². The number of carbonyl (C=O) groups is 2. The summed E-state index contributed by atoms with van der Waals surface area (Å²) in [6.45, 7) is 4.66. The van der Waals surface area contributed by atoms with E-state index in [0.29, 0.717) is 19.6 Å². The second-order valence-electron chi connectivity index (χ2n) is 4.29. The average Bonchev–Trinajstić information content (AvgIpc) is 2.97. The molecule has 0 saturated carbocycles. The van der Waals surface area contributed by atoms with Gasteiger partial charge in [-0.05, 0) is 18.7 Å². The third kappa shape index (κ3) is 3.68. The van der Waals surface area contributed by atoms with Gasteiger partial charge in [-0.1, -0.05) is 18.5 Å². The number of nitrogens with one attached hydrogen (secondary N) is 1. The third-order valence-corrected chi connectivity index (χ3v) is 4.19. The summed E-state index contributed by atoms with van der Waals surface area (Å²) in [6, 6.07) is 3.52. The molecule has 0 unspecified atom stereocenters. The Morgan fingerprint density at radius 2 is 2.37 bits per heavy atom. The number of rotatable bonds is 5. The van der Waals surface area contributed by atoms with Crippen LogP contribution in [-0.4, -0.2) is 47.9 Å². The predicted molar refractivity (Wildman–Crippen MR) is 75.4 cm³/mol. The minimum Gasteiger partial charge on any atom is -0.336 e. The van der Waals surface area contributed by atoms with Crippen molar-refractivity contribution in [3.05, 3.63) is 21.3 Å². The molecule has 0 radical (unpaired) electrons. The zero-order valence-electron chi connectivity index (χ0n) is 10.7. The highest BCUT2D eigenvalue weighted by Gasteiger charge is 2.27. The topological polar surface area (TPSA) is 52.7 Å². The SMILES string of the molecule is CCN(CC(=O)N1CCNC1=O)Cc1ccc(Cl)s1. The molecule has 19 heavy (non-hydrogen) atoms. The molecular formula is C12H16ClN3O2S. The summed E-state index contributed by atoms with van der Waals surface area (Å²) in [5.74, 6) is -0.153. The maximum atomic E-state index is 12.0. The lowest BCUT2D eigenvalue weighted by atomic mass is 10.3. The van der Waals surface area contributed by atoms with Crippen LogP contribution in [0, 0.1) is 0 Å². The standard InChI is InChI=1S/C12H16ClN3O2S/c1-2-15(7-9-3-4-10(13)19-9)8-11(17)16-6-5-14-12(16)18/h3-4H,2,5-8H2,1H3,(H,14,18). The molecule has 1 aromatic heterocycles. The maximum Gasteiger partial charge on any atom is 0.324 e. The first kappa shape index (κ1) is 14.3. The molecule has 1 aromatic rings. The third-order valence-electron chi connectivity index (χ3n) is 2.97. The Kier molecular flexibility index (Phi) is 4.79. The zero-order chi connectivity index (χ0) is 13.8. The summed E-state index contributed by atoms with van der Waals surface area (Å²) in [6.07, 6.45) is 0. The van der Waals surface area contributed by atoms with Gasteiger partial charge in [0.1, 0.15) is 0 Å². The molecule has 104 valence electrons. The van der Waals surface area contributed by atoms with E-state index in [1.807, 2.05) is 24.0 Å². The lowest BCUT2D eigenvalue weighted by Gasteiger charge is -2.21. The van der Waals surface area contributed by atoms with Crippen LogP contribution < -0.4 is 5.32 Å². The van der Waals surface area contributed by atoms with E-state index in [1.54, 1.807) is 0 Å². The van der Waals surface area contributed by atoms with Gasteiger partial charge in [0.15, 0.2) is 0 Å². The van der Waals surface area contributed by atoms with Gasteiger partial charge in [0.2, 0.25) is 5.91 Å². The second kappa shape index (κ2) is 6.36. The smallest absolute Gasteiger partial charge is 0.324 e. The Balaban J connectivity index is 1.91. The van der Waals surface area contributed by atoms with Gasteiger partial charge in [0.05, 0.1) is 10.9 Å². The van der Waals surface area contributed by atoms with Crippen LogP contribution in [0.5, 0.6) is 0 Å². The van der Waals surface area contributed by atoms with Crippen molar-refractivity contribution in [1.82, 2.24) is 15.1 Å². The zero-order valence-corrected chi connectivity index (χ0v) is 12.3. The molecule has 1 fully saturated rings. The summed E-state index contributed by atoms with van der Waals surface area (Å²) in [5.41, 5.74) is 0. The average molecular weight is 302 g/mol. The van der Waals surface area contributed by atoms with E-state index in [2.05, 4.69) is 5.32 Å². The van der Waals surface area contributed by atoms with Crippen LogP contribution in [0.25, 0.3) is 0 Å². The van der Waals surface area contributed by atoms with Crippen LogP contribution in [0.15, 0.2) is 12.1 Å². The minimum absolute atomic E-state index is 0.153. The molecule has 0 bridgehead atoms. The van der Waals surface area contributed by atoms with Gasteiger partial charge in [-0.3, -0.25) is 14.6 Å². The number of amides is 3. The van der Waals surface area contributed by atoms with Crippen LogP contribution in [0.3, 0.4) is 0 Å². The Hall–Kier alpha value is -1.11. The first-order chi connectivity index (χ1) is 9.10. The first-order valence-corrected chi connectivity index (χ1v) is 7.34. The highest BCUT2D eigenvalue weighted by molar-refractivity contribution is 7.16. The van der Waals surface area contributed by atoms with Crippen molar-refractivity contribution in [2.45, 2.75) is 13.5 Å². The summed E-state index contributed by atoms with van der Waals surface area (Å²) < 4.78 is 0.747. The fourth-order valence-electron chi connectivity index (χ4n) is 1.92. The molecule has 2 rings (SSSR count). The molecule has 1 saturated heterocycles. The van der Waals surface area contributed by atoms with Gasteiger partial charge in [-0.15, -0.1) is 11.3 Å². The van der Waals surface area contributed by atoms with Crippen LogP contribution in [0.1, 0.15) is 11.8 Å². The highest BCUT2D eigenvalue weighted by atomic mass is 35.5. The first-order valence-electron chi connectivity index (χ1n) is 6.15. The molecule has 1 N–H and O–H groups in total. The van der Waals surface area contributed by atoms with E-state index in [-0.39, 0.29) is 18.5 Å². The van der Waals surface area contributed by atoms with Crippen molar-refractivity contribution in [3.63, 3.8) is 0 Å². The van der Waals surface area contributed by atoms with Gasteiger partial charge >= 0.3 is 6.03 Å². The van der Waals surface area contributed by atoms with E-state index in [1.165, 1.54) is 16.2 Å². The Bertz CT molecular complexity index is 477. The molecule has 3 amide bonds. The van der Waals surface area contributed by atoms with Gasteiger partial charge in [-0.2, -0.15) is 0 Å². The molecule has 0 aliphatic carbocycles. The van der Waals surface area contributed by atoms with Crippen molar-refractivity contribution in [3.8, 4) is 0 Å². The molecule has 2 heterocycles. The number of likely N-dealkylation sites (N-methyl/N-ethyl adjacent to an activating group) is 1. The summed E-state index contributed by atoms with van der Waals surface area (Å²) in [5, 5.41) is 2.63. The summed E-state index contributed by atoms with van der Waals surface area (Å²) in [4.78, 5) is 27.8. The Morgan fingerprint density at radius 1 is 1.58 bits per heavy atom. The largest absolute Gasteiger partial charge is 0.336 e. The molecule has 7 heteroatoms. The summed E-state index contributed by atoms with van der Waals surface area (Å²) >= 11 is 7.40. The fourth-order valence-corrected chi connectivity index (χ4v) is 3.05. The number of nitrogens with zero attached hydrogens (tertiary/aromatic N) is 2. The number of thiophene rings is 1. The van der Waals surface area contributed by atoms with E-state index in [0.717, 1.165) is 15.8 Å². The van der Waals surface area contributed by atoms with Gasteiger partial charge in [0.25, 0.3) is 0 Å². The summed E-state index contributed by atoms with van der Waals surface area (Å²) in [7, 11) is 0. The molecule has 0 atom stereocenters. The predicted octanol–water partition coefficient (Wildman–Crippen LogP) is 1.78. The quantitative estimate of drug-likeness (QED) is 0.902. The van der Waals surface area contributed by atoms with E-state index >= 15 is 0 Å². The van der Waals surface area contributed by atoms with E-state index in [4.69, 9.17) is 11.6 Å². The number of hydrogen-bond donors (Lipinski definition) is 1. The van der Waals surface area contributed by atoms with Crippen molar-refractivity contribution in [2.75, 3.05) is 26.2 Å². The van der Waals surface area contributed by atoms with Crippen molar-refractivity contribution in [1.29, 1.82) is 0 Å². The minimum atomic E-state index is -0.291. The normalized spacial score (nSPS) is 15.1. The molecule has 0 spiro atoms. The van der Waals surface area contributed by atoms with Crippen LogP contribution in [0.4, 0.5) is 4.79 Å². The van der Waals surface area contributed by atoms with E-state index < -0.39 is 0 Å². The molecule has 1 aliphatic heterocycles. The van der Waals surface area contributed by atoms with Crippen LogP contribution >= 0.6 is 22.9 Å². The number of hydrogen-bond acceptors (Lipinski definition) is 4. The molecule has 5 nitrogen and oxygen atoms in total. The molecule has 0 aromatic carbocycles. The van der Waals surface area contributed by atoms with Crippen LogP contribution in [0.2, 0.25) is 4.34 Å². The lowest BCUT2D eigenvalue weighted by Crippen LogP contribution is -2.41. The van der Waals surface area contributed by atoms with Crippen molar-refractivity contribution in [2.24, 2.45) is 0 Å².